The molecule has 5 heteroatoms. The minimum atomic E-state index is -0.369. The maximum atomic E-state index is 13.5. The summed E-state index contributed by atoms with van der Waals surface area (Å²) in [6.07, 6.45) is 0.301. The van der Waals surface area contributed by atoms with Crippen LogP contribution in [0.1, 0.15) is 29.7 Å². The summed E-state index contributed by atoms with van der Waals surface area (Å²) < 4.78 is 20.3. The van der Waals surface area contributed by atoms with Crippen LogP contribution in [-0.4, -0.2) is 0 Å². The van der Waals surface area contributed by atoms with Crippen LogP contribution in [0.15, 0.2) is 40.9 Å². The summed E-state index contributed by atoms with van der Waals surface area (Å²) in [6, 6.07) is 9.99. The van der Waals surface area contributed by atoms with E-state index < -0.39 is 0 Å². The van der Waals surface area contributed by atoms with Gasteiger partial charge >= 0.3 is 0 Å². The first-order valence-corrected chi connectivity index (χ1v) is 7.38. The van der Waals surface area contributed by atoms with Crippen molar-refractivity contribution in [3.05, 3.63) is 62.8 Å². The normalized spacial score (nSPS) is 21.2. The molecule has 0 saturated heterocycles. The fourth-order valence-electron chi connectivity index (χ4n) is 2.44. The van der Waals surface area contributed by atoms with Gasteiger partial charge in [-0.05, 0) is 42.0 Å². The van der Waals surface area contributed by atoms with Gasteiger partial charge < -0.3 is 10.5 Å². The number of hydrogen-bond acceptors (Lipinski definition) is 2. The standard InChI is InChI=1S/C15H12BrClFNO/c16-9-1-2-14-12(5-9)13(19)7-15(20-14)8-3-10(17)6-11(18)4-8/h1-6,13,15H,7,19H2/t13-,15?/m0/s1. The van der Waals surface area contributed by atoms with Crippen LogP contribution in [0.5, 0.6) is 5.75 Å². The molecular weight excluding hydrogens is 345 g/mol. The van der Waals surface area contributed by atoms with Gasteiger partial charge in [0.2, 0.25) is 0 Å². The van der Waals surface area contributed by atoms with E-state index in [1.54, 1.807) is 6.07 Å². The number of ether oxygens (including phenoxy) is 1. The Balaban J connectivity index is 1.96. The molecule has 20 heavy (non-hydrogen) atoms. The predicted molar refractivity (Wildman–Crippen MR) is 80.5 cm³/mol. The summed E-state index contributed by atoms with van der Waals surface area (Å²) in [5.74, 6) is 0.364. The van der Waals surface area contributed by atoms with Crippen molar-refractivity contribution in [1.82, 2.24) is 0 Å². The van der Waals surface area contributed by atoms with Crippen LogP contribution >= 0.6 is 27.5 Å². The van der Waals surface area contributed by atoms with E-state index in [4.69, 9.17) is 22.1 Å². The van der Waals surface area contributed by atoms with Crippen LogP contribution < -0.4 is 10.5 Å². The average Bonchev–Trinajstić information content (AvgIpc) is 2.38. The zero-order valence-corrected chi connectivity index (χ0v) is 12.8. The van der Waals surface area contributed by atoms with Crippen molar-refractivity contribution in [2.75, 3.05) is 0 Å². The molecule has 0 spiro atoms. The van der Waals surface area contributed by atoms with E-state index in [0.717, 1.165) is 15.8 Å². The van der Waals surface area contributed by atoms with Crippen molar-refractivity contribution in [2.24, 2.45) is 5.73 Å². The molecule has 104 valence electrons. The molecule has 1 aliphatic rings. The Morgan fingerprint density at radius 1 is 1.25 bits per heavy atom. The second-order valence-electron chi connectivity index (χ2n) is 4.83. The zero-order valence-electron chi connectivity index (χ0n) is 10.4. The third-order valence-corrected chi connectivity index (χ3v) is 4.08. The first kappa shape index (κ1) is 13.9. The van der Waals surface area contributed by atoms with Gasteiger partial charge in [0.25, 0.3) is 0 Å². The van der Waals surface area contributed by atoms with Gasteiger partial charge in [-0.3, -0.25) is 0 Å². The smallest absolute Gasteiger partial charge is 0.126 e. The van der Waals surface area contributed by atoms with Crippen LogP contribution in [-0.2, 0) is 0 Å². The molecule has 2 nitrogen and oxygen atoms in total. The molecule has 1 heterocycles. The minimum absolute atomic E-state index is 0.150. The van der Waals surface area contributed by atoms with Crippen molar-refractivity contribution >= 4 is 27.5 Å². The third kappa shape index (κ3) is 2.68. The van der Waals surface area contributed by atoms with Gasteiger partial charge in [0, 0.05) is 27.5 Å². The van der Waals surface area contributed by atoms with Gasteiger partial charge in [0.15, 0.2) is 0 Å². The van der Waals surface area contributed by atoms with E-state index in [0.29, 0.717) is 17.0 Å². The minimum Gasteiger partial charge on any atom is -0.485 e. The van der Waals surface area contributed by atoms with Crippen molar-refractivity contribution in [3.8, 4) is 5.75 Å². The summed E-state index contributed by atoms with van der Waals surface area (Å²) >= 11 is 9.31. The number of hydrogen-bond donors (Lipinski definition) is 1. The molecule has 2 aromatic carbocycles. The summed E-state index contributed by atoms with van der Waals surface area (Å²) in [4.78, 5) is 0. The van der Waals surface area contributed by atoms with Gasteiger partial charge in [-0.2, -0.15) is 0 Å². The van der Waals surface area contributed by atoms with E-state index in [9.17, 15) is 4.39 Å². The molecule has 3 rings (SSSR count). The molecule has 0 fully saturated rings. The molecule has 0 aromatic heterocycles. The molecule has 1 aliphatic heterocycles. The SMILES string of the molecule is N[C@H]1CC(c2cc(F)cc(Cl)c2)Oc2ccc(Br)cc21. The lowest BCUT2D eigenvalue weighted by Crippen LogP contribution is -2.24. The monoisotopic (exact) mass is 355 g/mol. The second kappa shape index (κ2) is 5.35. The topological polar surface area (TPSA) is 35.2 Å². The molecule has 2 N–H and O–H groups in total. The summed E-state index contributed by atoms with van der Waals surface area (Å²) in [6.45, 7) is 0. The predicted octanol–water partition coefficient (Wildman–Crippen LogP) is 4.77. The van der Waals surface area contributed by atoms with Crippen LogP contribution in [0.25, 0.3) is 0 Å². The lowest BCUT2D eigenvalue weighted by Gasteiger charge is -2.30. The fourth-order valence-corrected chi connectivity index (χ4v) is 3.05. The van der Waals surface area contributed by atoms with Crippen molar-refractivity contribution in [1.29, 1.82) is 0 Å². The van der Waals surface area contributed by atoms with Crippen LogP contribution in [0.3, 0.4) is 0 Å². The Hall–Kier alpha value is -1.10. The largest absolute Gasteiger partial charge is 0.485 e. The van der Waals surface area contributed by atoms with E-state index >= 15 is 0 Å². The molecule has 1 unspecified atom stereocenters. The molecule has 0 saturated carbocycles. The van der Waals surface area contributed by atoms with E-state index in [2.05, 4.69) is 15.9 Å². The molecule has 0 amide bonds. The number of fused-ring (bicyclic) bond motifs is 1. The Morgan fingerprint density at radius 2 is 2.05 bits per heavy atom. The van der Waals surface area contributed by atoms with Gasteiger partial charge in [-0.25, -0.2) is 4.39 Å². The second-order valence-corrected chi connectivity index (χ2v) is 6.19. The number of benzene rings is 2. The van der Waals surface area contributed by atoms with E-state index in [-0.39, 0.29) is 18.0 Å². The van der Waals surface area contributed by atoms with Gasteiger partial charge in [0.1, 0.15) is 17.7 Å². The van der Waals surface area contributed by atoms with Crippen molar-refractivity contribution in [2.45, 2.75) is 18.6 Å². The molecule has 0 aliphatic carbocycles. The Bertz CT molecular complexity index is 644. The van der Waals surface area contributed by atoms with Crippen molar-refractivity contribution < 1.29 is 9.13 Å². The Kier molecular flexibility index (Phi) is 3.71. The fraction of sp³-hybridized carbons (Fsp3) is 0.200. The molecule has 2 atom stereocenters. The Labute approximate surface area is 129 Å². The first-order chi connectivity index (χ1) is 9.52. The highest BCUT2D eigenvalue weighted by atomic mass is 79.9. The van der Waals surface area contributed by atoms with Crippen molar-refractivity contribution in [3.63, 3.8) is 0 Å². The summed E-state index contributed by atoms with van der Waals surface area (Å²) in [7, 11) is 0. The van der Waals surface area contributed by atoms with Crippen LogP contribution in [0.2, 0.25) is 5.02 Å². The lowest BCUT2D eigenvalue weighted by atomic mass is 9.93. The maximum Gasteiger partial charge on any atom is 0.126 e. The van der Waals surface area contributed by atoms with Crippen LogP contribution in [0, 0.1) is 5.82 Å². The lowest BCUT2D eigenvalue weighted by molar-refractivity contribution is 0.161. The first-order valence-electron chi connectivity index (χ1n) is 6.20. The van der Waals surface area contributed by atoms with Gasteiger partial charge in [0.05, 0.1) is 0 Å². The van der Waals surface area contributed by atoms with Crippen LogP contribution in [0.4, 0.5) is 4.39 Å². The molecular formula is C15H12BrClFNO. The zero-order chi connectivity index (χ0) is 14.3. The number of halogens is 3. The van der Waals surface area contributed by atoms with E-state index in [1.807, 2.05) is 18.2 Å². The van der Waals surface area contributed by atoms with Gasteiger partial charge in [-0.15, -0.1) is 0 Å². The summed E-state index contributed by atoms with van der Waals surface area (Å²) in [5.41, 5.74) is 7.86. The Morgan fingerprint density at radius 3 is 2.80 bits per heavy atom. The highest BCUT2D eigenvalue weighted by Gasteiger charge is 2.27. The average molecular weight is 357 g/mol. The third-order valence-electron chi connectivity index (χ3n) is 3.37. The highest BCUT2D eigenvalue weighted by molar-refractivity contribution is 9.10. The van der Waals surface area contributed by atoms with E-state index in [1.165, 1.54) is 12.1 Å². The number of nitrogens with two attached hydrogens (primary N) is 1. The maximum absolute atomic E-state index is 13.5. The molecule has 2 aromatic rings. The van der Waals surface area contributed by atoms with Gasteiger partial charge in [-0.1, -0.05) is 27.5 Å². The number of rotatable bonds is 1. The highest BCUT2D eigenvalue weighted by Crippen LogP contribution is 2.41. The summed E-state index contributed by atoms with van der Waals surface area (Å²) in [5, 5.41) is 0.360. The quantitative estimate of drug-likeness (QED) is 0.799. The molecule has 0 bridgehead atoms. The molecule has 0 radical (unpaired) electrons.